The first-order valence-corrected chi connectivity index (χ1v) is 12.0. The molecule has 0 heterocycles. The molecule has 1 fully saturated rings. The molecule has 172 valence electrons. The fourth-order valence-corrected chi connectivity index (χ4v) is 4.55. The number of carbonyl (C=O) groups excluding carboxylic acids is 1. The Morgan fingerprint density at radius 2 is 1.48 bits per heavy atom. The number of halogens is 2. The van der Waals surface area contributed by atoms with E-state index in [2.05, 4.69) is 0 Å². The van der Waals surface area contributed by atoms with E-state index in [1.54, 1.807) is 35.2 Å². The Labute approximate surface area is 191 Å². The van der Waals surface area contributed by atoms with Gasteiger partial charge in [0.15, 0.2) is 0 Å². The van der Waals surface area contributed by atoms with E-state index in [0.29, 0.717) is 12.1 Å². The molecular formula is C25H23F2NO4S. The molecule has 1 aliphatic carbocycles. The van der Waals surface area contributed by atoms with Gasteiger partial charge in [-0.05, 0) is 72.5 Å². The van der Waals surface area contributed by atoms with Gasteiger partial charge in [-0.3, -0.25) is 4.79 Å². The van der Waals surface area contributed by atoms with Crippen molar-refractivity contribution in [2.24, 2.45) is 5.92 Å². The molecular weight excluding hydrogens is 448 g/mol. The Bertz CT molecular complexity index is 1220. The van der Waals surface area contributed by atoms with Crippen LogP contribution in [0.15, 0.2) is 77.7 Å². The van der Waals surface area contributed by atoms with Crippen LogP contribution in [0.4, 0.5) is 8.78 Å². The first kappa shape index (κ1) is 22.9. The highest BCUT2D eigenvalue weighted by Crippen LogP contribution is 2.30. The number of rotatable bonds is 8. The van der Waals surface area contributed by atoms with Crippen molar-refractivity contribution >= 4 is 16.0 Å². The zero-order chi connectivity index (χ0) is 23.4. The molecule has 5 nitrogen and oxygen atoms in total. The average molecular weight is 472 g/mol. The molecule has 1 aliphatic rings. The van der Waals surface area contributed by atoms with Gasteiger partial charge in [0.2, 0.25) is 5.91 Å². The second kappa shape index (κ2) is 9.70. The highest BCUT2D eigenvalue weighted by molar-refractivity contribution is 7.87. The second-order valence-electron chi connectivity index (χ2n) is 8.09. The van der Waals surface area contributed by atoms with Crippen molar-refractivity contribution in [3.8, 4) is 5.75 Å². The SMILES string of the molecule is O=C(C1CCC1)N(Cc1ccc(F)cc1)Cc1cccc(OS(=O)(=O)c2ccc(F)cc2)c1. The van der Waals surface area contributed by atoms with Crippen LogP contribution >= 0.6 is 0 Å². The molecule has 3 aromatic rings. The number of nitrogens with zero attached hydrogens (tertiary/aromatic N) is 1. The van der Waals surface area contributed by atoms with Crippen molar-refractivity contribution in [1.82, 2.24) is 4.90 Å². The van der Waals surface area contributed by atoms with Crippen LogP contribution in [-0.4, -0.2) is 19.2 Å². The van der Waals surface area contributed by atoms with Gasteiger partial charge in [0.25, 0.3) is 0 Å². The Balaban J connectivity index is 1.52. The fourth-order valence-electron chi connectivity index (χ4n) is 3.63. The van der Waals surface area contributed by atoms with E-state index < -0.39 is 15.9 Å². The molecule has 33 heavy (non-hydrogen) atoms. The van der Waals surface area contributed by atoms with Crippen LogP contribution in [0.2, 0.25) is 0 Å². The van der Waals surface area contributed by atoms with E-state index in [4.69, 9.17) is 4.18 Å². The van der Waals surface area contributed by atoms with E-state index in [0.717, 1.165) is 49.1 Å². The Hall–Kier alpha value is -3.26. The predicted molar refractivity (Wildman–Crippen MR) is 119 cm³/mol. The standard InChI is InChI=1S/C25H23F2NO4S/c26-21-9-7-18(8-10-21)16-28(25(29)20-4-2-5-20)17-19-3-1-6-23(15-19)32-33(30,31)24-13-11-22(27)12-14-24/h1,3,6-15,20H,2,4-5,16-17H2. The topological polar surface area (TPSA) is 63.7 Å². The molecule has 0 aliphatic heterocycles. The van der Waals surface area contributed by atoms with Crippen LogP contribution in [0.3, 0.4) is 0 Å². The molecule has 0 unspecified atom stereocenters. The summed E-state index contributed by atoms with van der Waals surface area (Å²) < 4.78 is 56.7. The zero-order valence-corrected chi connectivity index (χ0v) is 18.6. The van der Waals surface area contributed by atoms with Crippen LogP contribution < -0.4 is 4.18 Å². The van der Waals surface area contributed by atoms with Crippen molar-refractivity contribution in [3.05, 3.63) is 95.6 Å². The Morgan fingerprint density at radius 3 is 2.09 bits per heavy atom. The predicted octanol–water partition coefficient (Wildman–Crippen LogP) is 5.06. The van der Waals surface area contributed by atoms with Crippen molar-refractivity contribution in [2.75, 3.05) is 0 Å². The molecule has 0 aromatic heterocycles. The van der Waals surface area contributed by atoms with Gasteiger partial charge in [-0.2, -0.15) is 8.42 Å². The minimum Gasteiger partial charge on any atom is -0.379 e. The Kier molecular flexibility index (Phi) is 6.74. The molecule has 8 heteroatoms. The molecule has 0 bridgehead atoms. The number of carbonyl (C=O) groups is 1. The van der Waals surface area contributed by atoms with E-state index in [1.807, 2.05) is 0 Å². The number of hydrogen-bond acceptors (Lipinski definition) is 4. The molecule has 1 amide bonds. The highest BCUT2D eigenvalue weighted by atomic mass is 32.2. The monoisotopic (exact) mass is 471 g/mol. The van der Waals surface area contributed by atoms with Crippen LogP contribution in [0, 0.1) is 17.6 Å². The maximum Gasteiger partial charge on any atom is 0.339 e. The van der Waals surface area contributed by atoms with Gasteiger partial charge in [-0.1, -0.05) is 30.7 Å². The summed E-state index contributed by atoms with van der Waals surface area (Å²) in [6.07, 6.45) is 2.71. The summed E-state index contributed by atoms with van der Waals surface area (Å²) in [6.45, 7) is 0.565. The number of benzene rings is 3. The highest BCUT2D eigenvalue weighted by Gasteiger charge is 2.29. The third-order valence-corrected chi connectivity index (χ3v) is 6.89. The number of hydrogen-bond donors (Lipinski definition) is 0. The lowest BCUT2D eigenvalue weighted by Crippen LogP contribution is -2.38. The summed E-state index contributed by atoms with van der Waals surface area (Å²) in [5, 5.41) is 0. The summed E-state index contributed by atoms with van der Waals surface area (Å²) in [5.41, 5.74) is 1.49. The van der Waals surface area contributed by atoms with Gasteiger partial charge in [0.1, 0.15) is 22.3 Å². The van der Waals surface area contributed by atoms with Crippen molar-refractivity contribution < 1.29 is 26.2 Å². The lowest BCUT2D eigenvalue weighted by atomic mass is 9.84. The molecule has 0 saturated heterocycles. The van der Waals surface area contributed by atoms with Gasteiger partial charge in [-0.25, -0.2) is 8.78 Å². The van der Waals surface area contributed by atoms with E-state index in [9.17, 15) is 22.0 Å². The first-order chi connectivity index (χ1) is 15.8. The Morgan fingerprint density at radius 1 is 0.879 bits per heavy atom. The van der Waals surface area contributed by atoms with Crippen molar-refractivity contribution in [2.45, 2.75) is 37.2 Å². The van der Waals surface area contributed by atoms with Gasteiger partial charge >= 0.3 is 10.1 Å². The zero-order valence-electron chi connectivity index (χ0n) is 17.8. The second-order valence-corrected chi connectivity index (χ2v) is 9.63. The summed E-state index contributed by atoms with van der Waals surface area (Å²) >= 11 is 0. The van der Waals surface area contributed by atoms with Crippen LogP contribution in [0.1, 0.15) is 30.4 Å². The van der Waals surface area contributed by atoms with Gasteiger partial charge in [0, 0.05) is 19.0 Å². The van der Waals surface area contributed by atoms with Gasteiger partial charge in [0.05, 0.1) is 0 Å². The van der Waals surface area contributed by atoms with Gasteiger partial charge < -0.3 is 9.08 Å². The lowest BCUT2D eigenvalue weighted by molar-refractivity contribution is -0.139. The summed E-state index contributed by atoms with van der Waals surface area (Å²) in [6, 6.07) is 16.9. The van der Waals surface area contributed by atoms with E-state index >= 15 is 0 Å². The molecule has 4 rings (SSSR count). The van der Waals surface area contributed by atoms with E-state index in [1.165, 1.54) is 18.2 Å². The maximum absolute atomic E-state index is 13.3. The molecule has 3 aromatic carbocycles. The van der Waals surface area contributed by atoms with Crippen LogP contribution in [0.25, 0.3) is 0 Å². The quantitative estimate of drug-likeness (QED) is 0.431. The molecule has 0 spiro atoms. The third-order valence-electron chi connectivity index (χ3n) is 5.63. The fraction of sp³-hybridized carbons (Fsp3) is 0.240. The molecule has 0 radical (unpaired) electrons. The molecule has 0 N–H and O–H groups in total. The van der Waals surface area contributed by atoms with Crippen molar-refractivity contribution in [3.63, 3.8) is 0 Å². The smallest absolute Gasteiger partial charge is 0.339 e. The summed E-state index contributed by atoms with van der Waals surface area (Å²) in [5.74, 6) is -0.801. The normalized spacial score (nSPS) is 13.9. The maximum atomic E-state index is 13.3. The minimum absolute atomic E-state index is 0.0239. The van der Waals surface area contributed by atoms with E-state index in [-0.39, 0.29) is 34.8 Å². The summed E-state index contributed by atoms with van der Waals surface area (Å²) in [4.78, 5) is 14.6. The number of amides is 1. The average Bonchev–Trinajstić information content (AvgIpc) is 2.74. The largest absolute Gasteiger partial charge is 0.379 e. The minimum atomic E-state index is -4.14. The molecule has 1 saturated carbocycles. The molecule has 0 atom stereocenters. The van der Waals surface area contributed by atoms with Crippen LogP contribution in [-0.2, 0) is 28.0 Å². The lowest BCUT2D eigenvalue weighted by Gasteiger charge is -2.32. The third kappa shape index (κ3) is 5.76. The van der Waals surface area contributed by atoms with Crippen molar-refractivity contribution in [1.29, 1.82) is 0 Å². The summed E-state index contributed by atoms with van der Waals surface area (Å²) in [7, 11) is -4.14. The van der Waals surface area contributed by atoms with Gasteiger partial charge in [-0.15, -0.1) is 0 Å². The first-order valence-electron chi connectivity index (χ1n) is 10.6. The van der Waals surface area contributed by atoms with Crippen LogP contribution in [0.5, 0.6) is 5.75 Å².